The van der Waals surface area contributed by atoms with E-state index in [-0.39, 0.29) is 18.4 Å². The second kappa shape index (κ2) is 7.94. The van der Waals surface area contributed by atoms with E-state index in [1.807, 2.05) is 35.0 Å². The van der Waals surface area contributed by atoms with Crippen molar-refractivity contribution < 1.29 is 4.52 Å². The van der Waals surface area contributed by atoms with Crippen molar-refractivity contribution in [1.82, 2.24) is 35.1 Å². The van der Waals surface area contributed by atoms with Gasteiger partial charge in [-0.3, -0.25) is 4.90 Å². The molecule has 0 saturated carbocycles. The highest BCUT2D eigenvalue weighted by Gasteiger charge is 2.26. The zero-order valence-corrected chi connectivity index (χ0v) is 15.6. The highest BCUT2D eigenvalue weighted by Crippen LogP contribution is 2.22. The summed E-state index contributed by atoms with van der Waals surface area (Å²) in [4.78, 5) is 11.3. The normalized spacial score (nSPS) is 17.8. The molecule has 1 aliphatic heterocycles. The van der Waals surface area contributed by atoms with Crippen LogP contribution in [-0.4, -0.2) is 56.5 Å². The molecule has 0 aliphatic carbocycles. The average molecular weight is 376 g/mol. The van der Waals surface area contributed by atoms with E-state index < -0.39 is 0 Å². The van der Waals surface area contributed by atoms with Crippen LogP contribution in [0.3, 0.4) is 0 Å². The molecule has 0 bridgehead atoms. The number of rotatable bonds is 4. The third kappa shape index (κ3) is 3.48. The maximum Gasteiger partial charge on any atom is 0.297 e. The maximum absolute atomic E-state index is 5.45. The standard InChI is InChI=1S/C17H21N7O.ClH/c1-3-14-19-16(21-24(14)12-7-5-4-6-8-12)17-20-15(22-25-17)13-11-18-9-10-23(13)2;/h4-8,13,18H,3,9-11H2,1-2H3;1H. The van der Waals surface area contributed by atoms with E-state index in [0.29, 0.717) is 17.5 Å². The summed E-state index contributed by atoms with van der Waals surface area (Å²) in [5.74, 6) is 2.35. The summed E-state index contributed by atoms with van der Waals surface area (Å²) in [7, 11) is 2.07. The van der Waals surface area contributed by atoms with Crippen molar-refractivity contribution in [1.29, 1.82) is 0 Å². The lowest BCUT2D eigenvalue weighted by Crippen LogP contribution is -2.44. The van der Waals surface area contributed by atoms with Gasteiger partial charge in [0.25, 0.3) is 5.89 Å². The SMILES string of the molecule is CCc1nc(-c2nc(C3CNCCN3C)no2)nn1-c1ccccc1.Cl. The number of halogens is 1. The van der Waals surface area contributed by atoms with Gasteiger partial charge in [-0.05, 0) is 19.2 Å². The van der Waals surface area contributed by atoms with Crippen LogP contribution in [-0.2, 0) is 6.42 Å². The first-order valence-electron chi connectivity index (χ1n) is 8.52. The zero-order valence-electron chi connectivity index (χ0n) is 14.8. The molecule has 9 heteroatoms. The fourth-order valence-corrected chi connectivity index (χ4v) is 3.00. The molecule has 1 unspecified atom stereocenters. The summed E-state index contributed by atoms with van der Waals surface area (Å²) in [5.41, 5.74) is 0.967. The second-order valence-electron chi connectivity index (χ2n) is 6.11. The van der Waals surface area contributed by atoms with Crippen LogP contribution in [0.4, 0.5) is 0 Å². The van der Waals surface area contributed by atoms with Gasteiger partial charge in [0.1, 0.15) is 5.82 Å². The van der Waals surface area contributed by atoms with Gasteiger partial charge >= 0.3 is 0 Å². The van der Waals surface area contributed by atoms with Gasteiger partial charge in [-0.25, -0.2) is 9.67 Å². The highest BCUT2D eigenvalue weighted by atomic mass is 35.5. The Labute approximate surface area is 158 Å². The molecule has 0 spiro atoms. The third-order valence-corrected chi connectivity index (χ3v) is 4.43. The van der Waals surface area contributed by atoms with Crippen molar-refractivity contribution >= 4 is 12.4 Å². The van der Waals surface area contributed by atoms with E-state index in [4.69, 9.17) is 4.52 Å². The van der Waals surface area contributed by atoms with Gasteiger partial charge < -0.3 is 9.84 Å². The molecule has 1 N–H and O–H groups in total. The highest BCUT2D eigenvalue weighted by molar-refractivity contribution is 5.85. The van der Waals surface area contributed by atoms with E-state index in [1.54, 1.807) is 0 Å². The molecule has 1 saturated heterocycles. The summed E-state index contributed by atoms with van der Waals surface area (Å²) in [6.45, 7) is 4.78. The number of nitrogens with zero attached hydrogens (tertiary/aromatic N) is 6. The van der Waals surface area contributed by atoms with E-state index in [2.05, 4.69) is 44.4 Å². The summed E-state index contributed by atoms with van der Waals surface area (Å²) in [5, 5.41) is 12.1. The first kappa shape index (κ1) is 18.5. The summed E-state index contributed by atoms with van der Waals surface area (Å²) in [6, 6.07) is 10.0. The number of aryl methyl sites for hydroxylation is 1. The summed E-state index contributed by atoms with van der Waals surface area (Å²) in [6.07, 6.45) is 0.762. The molecule has 3 heterocycles. The molecule has 3 aromatic rings. The minimum absolute atomic E-state index is 0. The Morgan fingerprint density at radius 3 is 2.77 bits per heavy atom. The van der Waals surface area contributed by atoms with Crippen molar-refractivity contribution in [3.05, 3.63) is 42.0 Å². The number of nitrogens with one attached hydrogen (secondary N) is 1. The lowest BCUT2D eigenvalue weighted by atomic mass is 10.2. The lowest BCUT2D eigenvalue weighted by Gasteiger charge is -2.30. The molecule has 1 aliphatic rings. The van der Waals surface area contributed by atoms with Crippen molar-refractivity contribution in [2.24, 2.45) is 0 Å². The monoisotopic (exact) mass is 375 g/mol. The Bertz CT molecular complexity index is 848. The first-order chi connectivity index (χ1) is 12.3. The molecule has 138 valence electrons. The quantitative estimate of drug-likeness (QED) is 0.745. The van der Waals surface area contributed by atoms with Gasteiger partial charge in [0.15, 0.2) is 5.82 Å². The van der Waals surface area contributed by atoms with Crippen LogP contribution in [0.25, 0.3) is 17.4 Å². The van der Waals surface area contributed by atoms with Crippen LogP contribution in [0, 0.1) is 0 Å². The molecule has 4 rings (SSSR count). The van der Waals surface area contributed by atoms with Crippen molar-refractivity contribution in [2.45, 2.75) is 19.4 Å². The van der Waals surface area contributed by atoms with Gasteiger partial charge in [-0.1, -0.05) is 30.3 Å². The molecular formula is C17H22ClN7O. The fourth-order valence-electron chi connectivity index (χ4n) is 3.00. The van der Waals surface area contributed by atoms with E-state index in [9.17, 15) is 0 Å². The predicted octanol–water partition coefficient (Wildman–Crippen LogP) is 1.88. The van der Waals surface area contributed by atoms with E-state index in [1.165, 1.54) is 0 Å². The number of para-hydroxylation sites is 1. The minimum Gasteiger partial charge on any atom is -0.330 e. The molecule has 8 nitrogen and oxygen atoms in total. The van der Waals surface area contributed by atoms with Gasteiger partial charge in [-0.2, -0.15) is 4.98 Å². The predicted molar refractivity (Wildman–Crippen MR) is 99.5 cm³/mol. The van der Waals surface area contributed by atoms with E-state index in [0.717, 1.165) is 37.6 Å². The second-order valence-corrected chi connectivity index (χ2v) is 6.11. The van der Waals surface area contributed by atoms with Gasteiger partial charge in [0.05, 0.1) is 11.7 Å². The molecule has 2 aromatic heterocycles. The molecule has 1 fully saturated rings. The topological polar surface area (TPSA) is 84.9 Å². The van der Waals surface area contributed by atoms with Gasteiger partial charge in [-0.15, -0.1) is 17.5 Å². The fraction of sp³-hybridized carbons (Fsp3) is 0.412. The number of hydrogen-bond acceptors (Lipinski definition) is 7. The van der Waals surface area contributed by atoms with Crippen LogP contribution in [0.15, 0.2) is 34.9 Å². The van der Waals surface area contributed by atoms with Crippen molar-refractivity contribution in [3.8, 4) is 17.4 Å². The summed E-state index contributed by atoms with van der Waals surface area (Å²) < 4.78 is 7.27. The number of aromatic nitrogens is 5. The number of hydrogen-bond donors (Lipinski definition) is 1. The number of likely N-dealkylation sites (N-methyl/N-ethyl adjacent to an activating group) is 1. The molecule has 0 amide bonds. The molecular weight excluding hydrogens is 354 g/mol. The van der Waals surface area contributed by atoms with Crippen LogP contribution < -0.4 is 5.32 Å². The Hall–Kier alpha value is -2.29. The minimum atomic E-state index is 0. The van der Waals surface area contributed by atoms with Gasteiger partial charge in [0.2, 0.25) is 5.82 Å². The maximum atomic E-state index is 5.45. The van der Waals surface area contributed by atoms with Crippen molar-refractivity contribution in [3.63, 3.8) is 0 Å². The molecule has 1 aromatic carbocycles. The van der Waals surface area contributed by atoms with E-state index >= 15 is 0 Å². The number of benzene rings is 1. The van der Waals surface area contributed by atoms with Crippen LogP contribution in [0.1, 0.15) is 24.6 Å². The zero-order chi connectivity index (χ0) is 17.2. The Balaban J connectivity index is 0.00000196. The smallest absolute Gasteiger partial charge is 0.297 e. The van der Waals surface area contributed by atoms with Crippen LogP contribution >= 0.6 is 12.4 Å². The number of piperazine rings is 1. The molecule has 0 radical (unpaired) electrons. The Kier molecular flexibility index (Phi) is 5.65. The van der Waals surface area contributed by atoms with Crippen LogP contribution in [0.5, 0.6) is 0 Å². The lowest BCUT2D eigenvalue weighted by molar-refractivity contribution is 0.190. The van der Waals surface area contributed by atoms with Gasteiger partial charge in [0, 0.05) is 26.1 Å². The Morgan fingerprint density at radius 2 is 2.04 bits per heavy atom. The van der Waals surface area contributed by atoms with Crippen molar-refractivity contribution in [2.75, 3.05) is 26.7 Å². The summed E-state index contributed by atoms with van der Waals surface area (Å²) >= 11 is 0. The Morgan fingerprint density at radius 1 is 1.23 bits per heavy atom. The largest absolute Gasteiger partial charge is 0.330 e. The first-order valence-corrected chi connectivity index (χ1v) is 8.52. The molecule has 26 heavy (non-hydrogen) atoms. The molecule has 1 atom stereocenters. The average Bonchev–Trinajstić information content (AvgIpc) is 3.30. The van der Waals surface area contributed by atoms with Crippen LogP contribution in [0.2, 0.25) is 0 Å². The third-order valence-electron chi connectivity index (χ3n) is 4.43.